The molecule has 22 heavy (non-hydrogen) atoms. The molecule has 0 aliphatic rings. The lowest BCUT2D eigenvalue weighted by Gasteiger charge is -2.12. The third kappa shape index (κ3) is 7.47. The van der Waals surface area contributed by atoms with Gasteiger partial charge in [-0.15, -0.1) is 11.6 Å². The lowest BCUT2D eigenvalue weighted by atomic mass is 10.1. The fourth-order valence-electron chi connectivity index (χ4n) is 1.76. The number of alkyl halides is 4. The summed E-state index contributed by atoms with van der Waals surface area (Å²) in [7, 11) is -3.82. The Kier molecular flexibility index (Phi) is 7.15. The largest absolute Gasteiger partial charge is 0.390 e. The van der Waals surface area contributed by atoms with Crippen molar-refractivity contribution in [3.05, 3.63) is 29.8 Å². The molecule has 0 aliphatic heterocycles. The zero-order valence-electron chi connectivity index (χ0n) is 12.1. The summed E-state index contributed by atoms with van der Waals surface area (Å²) in [6, 6.07) is 6.21. The second-order valence-electron chi connectivity index (χ2n) is 5.00. The van der Waals surface area contributed by atoms with Crippen LogP contribution in [0, 0.1) is 6.92 Å². The molecule has 0 saturated heterocycles. The molecule has 0 heterocycles. The average molecular weight is 359 g/mol. The van der Waals surface area contributed by atoms with Crippen LogP contribution in [0.4, 0.5) is 13.2 Å². The van der Waals surface area contributed by atoms with Crippen LogP contribution in [-0.4, -0.2) is 26.6 Å². The van der Waals surface area contributed by atoms with Crippen LogP contribution in [0.1, 0.15) is 31.2 Å². The predicted octanol–water partition coefficient (Wildman–Crippen LogP) is 4.43. The Hall–Kier alpha value is -0.790. The van der Waals surface area contributed by atoms with Crippen molar-refractivity contribution in [3.63, 3.8) is 0 Å². The predicted molar refractivity (Wildman–Crippen MR) is 78.5 cm³/mol. The van der Waals surface area contributed by atoms with Crippen LogP contribution in [0.5, 0.6) is 0 Å². The van der Waals surface area contributed by atoms with E-state index in [1.807, 2.05) is 6.92 Å². The van der Waals surface area contributed by atoms with Gasteiger partial charge in [0.2, 0.25) is 0 Å². The molecule has 0 N–H and O–H groups in total. The van der Waals surface area contributed by atoms with Gasteiger partial charge >= 0.3 is 6.18 Å². The standard InChI is InChI=1S/C14H18ClF3O3S/c1-11-5-7-13(8-6-11)22(19,20)21-9-3-2-4-12(15)10-14(16,17)18/h5-8,12H,2-4,9-10H2,1H3. The first-order valence-electron chi connectivity index (χ1n) is 6.77. The Morgan fingerprint density at radius 2 is 1.77 bits per heavy atom. The molecule has 0 saturated carbocycles. The number of rotatable bonds is 8. The fraction of sp³-hybridized carbons (Fsp3) is 0.571. The monoisotopic (exact) mass is 358 g/mol. The molecular formula is C14H18ClF3O3S. The summed E-state index contributed by atoms with van der Waals surface area (Å²) in [4.78, 5) is 0.0605. The molecule has 3 nitrogen and oxygen atoms in total. The number of benzene rings is 1. The van der Waals surface area contributed by atoms with Gasteiger partial charge in [0.1, 0.15) is 0 Å². The van der Waals surface area contributed by atoms with Gasteiger partial charge in [0.05, 0.1) is 17.9 Å². The van der Waals surface area contributed by atoms with Crippen LogP contribution >= 0.6 is 11.6 Å². The third-order valence-electron chi connectivity index (χ3n) is 2.91. The van der Waals surface area contributed by atoms with E-state index in [0.29, 0.717) is 12.8 Å². The van der Waals surface area contributed by atoms with Crippen LogP contribution in [0.3, 0.4) is 0 Å². The molecule has 0 aromatic heterocycles. The normalized spacial score (nSPS) is 14.0. The van der Waals surface area contributed by atoms with E-state index >= 15 is 0 Å². The molecule has 0 amide bonds. The van der Waals surface area contributed by atoms with Gasteiger partial charge in [-0.25, -0.2) is 0 Å². The molecule has 126 valence electrons. The Morgan fingerprint density at radius 3 is 2.32 bits per heavy atom. The van der Waals surface area contributed by atoms with Gasteiger partial charge < -0.3 is 0 Å². The maximum absolute atomic E-state index is 12.1. The molecule has 1 atom stereocenters. The van der Waals surface area contributed by atoms with Gasteiger partial charge in [0.15, 0.2) is 0 Å². The van der Waals surface area contributed by atoms with E-state index < -0.39 is 28.1 Å². The minimum Gasteiger partial charge on any atom is -0.266 e. The maximum atomic E-state index is 12.1. The van der Waals surface area contributed by atoms with Crippen molar-refractivity contribution in [3.8, 4) is 0 Å². The Balaban J connectivity index is 2.31. The highest BCUT2D eigenvalue weighted by Gasteiger charge is 2.30. The van der Waals surface area contributed by atoms with Crippen molar-refractivity contribution in [1.82, 2.24) is 0 Å². The van der Waals surface area contributed by atoms with Crippen molar-refractivity contribution in [2.75, 3.05) is 6.61 Å². The van der Waals surface area contributed by atoms with Crippen molar-refractivity contribution < 1.29 is 25.8 Å². The number of hydrogen-bond acceptors (Lipinski definition) is 3. The van der Waals surface area contributed by atoms with E-state index in [-0.39, 0.29) is 17.9 Å². The first-order valence-corrected chi connectivity index (χ1v) is 8.61. The average Bonchev–Trinajstić information content (AvgIpc) is 2.36. The molecule has 8 heteroatoms. The molecule has 0 fully saturated rings. The molecule has 1 unspecified atom stereocenters. The summed E-state index contributed by atoms with van der Waals surface area (Å²) in [5, 5.41) is -0.992. The van der Waals surface area contributed by atoms with E-state index in [1.165, 1.54) is 12.1 Å². The molecule has 1 rings (SSSR count). The van der Waals surface area contributed by atoms with Crippen molar-refractivity contribution in [1.29, 1.82) is 0 Å². The fourth-order valence-corrected chi connectivity index (χ4v) is 3.03. The lowest BCUT2D eigenvalue weighted by Crippen LogP contribution is -2.15. The van der Waals surface area contributed by atoms with Crippen LogP contribution in [0.2, 0.25) is 0 Å². The molecular weight excluding hydrogens is 341 g/mol. The maximum Gasteiger partial charge on any atom is 0.390 e. The molecule has 1 aromatic carbocycles. The second-order valence-corrected chi connectivity index (χ2v) is 7.23. The number of unbranched alkanes of at least 4 members (excludes halogenated alkanes) is 1. The minimum absolute atomic E-state index is 0.0605. The van der Waals surface area contributed by atoms with Crippen LogP contribution in [-0.2, 0) is 14.3 Å². The highest BCUT2D eigenvalue weighted by atomic mass is 35.5. The molecule has 0 radical (unpaired) electrons. The lowest BCUT2D eigenvalue weighted by molar-refractivity contribution is -0.134. The number of halogens is 4. The Labute approximate surface area is 133 Å². The van der Waals surface area contributed by atoms with Crippen molar-refractivity contribution in [2.45, 2.75) is 49.1 Å². The minimum atomic E-state index is -4.28. The van der Waals surface area contributed by atoms with Gasteiger partial charge in [-0.3, -0.25) is 4.18 Å². The topological polar surface area (TPSA) is 43.4 Å². The Bertz CT molecular complexity index is 556. The van der Waals surface area contributed by atoms with Gasteiger partial charge in [-0.1, -0.05) is 17.7 Å². The van der Waals surface area contributed by atoms with E-state index in [1.54, 1.807) is 12.1 Å². The van der Waals surface area contributed by atoms with Crippen LogP contribution < -0.4 is 0 Å². The van der Waals surface area contributed by atoms with Gasteiger partial charge in [0.25, 0.3) is 10.1 Å². The van der Waals surface area contributed by atoms with E-state index in [2.05, 4.69) is 0 Å². The Morgan fingerprint density at radius 1 is 1.18 bits per heavy atom. The summed E-state index contributed by atoms with van der Waals surface area (Å²) < 4.78 is 64.7. The summed E-state index contributed by atoms with van der Waals surface area (Å²) in [6.07, 6.45) is -4.47. The molecule has 0 spiro atoms. The zero-order chi connectivity index (χ0) is 16.8. The van der Waals surface area contributed by atoms with E-state index in [0.717, 1.165) is 5.56 Å². The van der Waals surface area contributed by atoms with Gasteiger partial charge in [0, 0.05) is 5.38 Å². The molecule has 1 aromatic rings. The quantitative estimate of drug-likeness (QED) is 0.392. The van der Waals surface area contributed by atoms with Crippen molar-refractivity contribution in [2.24, 2.45) is 0 Å². The van der Waals surface area contributed by atoms with Gasteiger partial charge in [-0.05, 0) is 38.3 Å². The highest BCUT2D eigenvalue weighted by molar-refractivity contribution is 7.86. The first-order chi connectivity index (χ1) is 10.1. The first kappa shape index (κ1) is 19.3. The smallest absolute Gasteiger partial charge is 0.266 e. The molecule has 0 bridgehead atoms. The number of hydrogen-bond donors (Lipinski definition) is 0. The van der Waals surface area contributed by atoms with Gasteiger partial charge in [-0.2, -0.15) is 21.6 Å². The zero-order valence-corrected chi connectivity index (χ0v) is 13.6. The summed E-state index contributed by atoms with van der Waals surface area (Å²) in [5.41, 5.74) is 0.928. The number of aryl methyl sites for hydroxylation is 1. The SMILES string of the molecule is Cc1ccc(S(=O)(=O)OCCCCC(Cl)CC(F)(F)F)cc1. The molecule has 0 aliphatic carbocycles. The third-order valence-corrected chi connectivity index (χ3v) is 4.61. The highest BCUT2D eigenvalue weighted by Crippen LogP contribution is 2.26. The van der Waals surface area contributed by atoms with Crippen LogP contribution in [0.15, 0.2) is 29.2 Å². The van der Waals surface area contributed by atoms with E-state index in [9.17, 15) is 21.6 Å². The van der Waals surface area contributed by atoms with Crippen LogP contribution in [0.25, 0.3) is 0 Å². The second kappa shape index (κ2) is 8.17. The van der Waals surface area contributed by atoms with E-state index in [4.69, 9.17) is 15.8 Å². The summed E-state index contributed by atoms with van der Waals surface area (Å²) in [6.45, 7) is 1.76. The van der Waals surface area contributed by atoms with Crippen molar-refractivity contribution >= 4 is 21.7 Å². The summed E-state index contributed by atoms with van der Waals surface area (Å²) >= 11 is 5.57. The summed E-state index contributed by atoms with van der Waals surface area (Å²) in [5.74, 6) is 0.